The second kappa shape index (κ2) is 5.37. The molecule has 14 heavy (non-hydrogen) atoms. The molecule has 0 amide bonds. The molecule has 0 radical (unpaired) electrons. The van der Waals surface area contributed by atoms with Gasteiger partial charge in [-0.25, -0.2) is 0 Å². The van der Waals surface area contributed by atoms with Crippen LogP contribution in [0.5, 0.6) is 0 Å². The van der Waals surface area contributed by atoms with Gasteiger partial charge in [0.15, 0.2) is 0 Å². The lowest BCUT2D eigenvalue weighted by atomic mass is 10.1. The fourth-order valence-corrected chi connectivity index (χ4v) is 1.30. The molecular formula is C9H9N2O2S-. The van der Waals surface area contributed by atoms with E-state index in [0.717, 1.165) is 5.56 Å². The summed E-state index contributed by atoms with van der Waals surface area (Å²) in [6.45, 7) is 0. The third kappa shape index (κ3) is 3.17. The van der Waals surface area contributed by atoms with Crippen molar-refractivity contribution in [1.82, 2.24) is 0 Å². The van der Waals surface area contributed by atoms with Gasteiger partial charge < -0.3 is 12.8 Å². The first-order chi connectivity index (χ1) is 6.76. The average molecular weight is 209 g/mol. The van der Waals surface area contributed by atoms with Gasteiger partial charge in [0.2, 0.25) is 0 Å². The van der Waals surface area contributed by atoms with Gasteiger partial charge in [-0.05, 0) is 17.7 Å². The summed E-state index contributed by atoms with van der Waals surface area (Å²) in [6, 6.07) is 9.02. The Kier molecular flexibility index (Phi) is 4.11. The molecule has 1 aromatic carbocycles. The van der Waals surface area contributed by atoms with E-state index in [4.69, 9.17) is 5.26 Å². The normalized spacial score (nSPS) is 12.3. The third-order valence-corrected chi connectivity index (χ3v) is 2.16. The minimum absolute atomic E-state index is 0.322. The SMILES string of the molecule is CO[S-](=O)=Nc1cccc(CC#N)c1. The molecular weight excluding hydrogens is 200 g/mol. The van der Waals surface area contributed by atoms with Gasteiger partial charge in [0, 0.05) is 12.8 Å². The Balaban J connectivity index is 2.95. The number of rotatable bonds is 3. The molecule has 0 saturated heterocycles. The van der Waals surface area contributed by atoms with Crippen LogP contribution in [0.15, 0.2) is 28.6 Å². The predicted molar refractivity (Wildman–Crippen MR) is 52.9 cm³/mol. The minimum Gasteiger partial charge on any atom is -0.441 e. The van der Waals surface area contributed by atoms with Gasteiger partial charge in [-0.2, -0.15) is 5.26 Å². The molecule has 4 nitrogen and oxygen atoms in total. The first kappa shape index (κ1) is 10.7. The van der Waals surface area contributed by atoms with E-state index < -0.39 is 10.9 Å². The van der Waals surface area contributed by atoms with Crippen molar-refractivity contribution in [3.63, 3.8) is 0 Å². The lowest BCUT2D eigenvalue weighted by Gasteiger charge is -2.02. The Bertz CT molecular complexity index is 431. The Labute approximate surface area is 84.6 Å². The summed E-state index contributed by atoms with van der Waals surface area (Å²) in [5.41, 5.74) is 1.40. The first-order valence-corrected chi connectivity index (χ1v) is 4.93. The van der Waals surface area contributed by atoms with E-state index in [1.165, 1.54) is 7.11 Å². The zero-order valence-electron chi connectivity index (χ0n) is 7.64. The smallest absolute Gasteiger partial charge is 0.0669 e. The van der Waals surface area contributed by atoms with Crippen LogP contribution < -0.4 is 0 Å². The summed E-state index contributed by atoms with van der Waals surface area (Å²) in [4.78, 5) is 0. The second-order valence-electron chi connectivity index (χ2n) is 2.48. The van der Waals surface area contributed by atoms with E-state index >= 15 is 0 Å². The number of nitriles is 1. The van der Waals surface area contributed by atoms with Crippen LogP contribution in [-0.4, -0.2) is 7.11 Å². The van der Waals surface area contributed by atoms with Crippen LogP contribution in [0, 0.1) is 11.3 Å². The molecule has 0 saturated carbocycles. The molecule has 0 spiro atoms. The lowest BCUT2D eigenvalue weighted by molar-refractivity contribution is 0.438. The van der Waals surface area contributed by atoms with Crippen molar-refractivity contribution in [2.24, 2.45) is 4.36 Å². The number of benzene rings is 1. The van der Waals surface area contributed by atoms with Gasteiger partial charge in [0.1, 0.15) is 0 Å². The average Bonchev–Trinajstić information content (AvgIpc) is 2.19. The zero-order chi connectivity index (χ0) is 10.4. The van der Waals surface area contributed by atoms with Crippen molar-refractivity contribution < 1.29 is 8.39 Å². The van der Waals surface area contributed by atoms with Crippen molar-refractivity contribution in [1.29, 1.82) is 5.26 Å². The minimum atomic E-state index is -1.65. The molecule has 0 heterocycles. The van der Waals surface area contributed by atoms with Crippen molar-refractivity contribution in [3.05, 3.63) is 29.8 Å². The van der Waals surface area contributed by atoms with Crippen molar-refractivity contribution in [2.45, 2.75) is 6.42 Å². The fraction of sp³-hybridized carbons (Fsp3) is 0.222. The summed E-state index contributed by atoms with van der Waals surface area (Å²) in [7, 11) is -0.330. The molecule has 0 aliphatic rings. The standard InChI is InChI=1S/C9H9N2O2S/c1-13-14(12)11-9-4-2-3-8(7-9)5-6-10/h2-4,7H,5H2,1H3/q-1. The number of hydrogen-bond donors (Lipinski definition) is 0. The molecule has 0 atom stereocenters. The Morgan fingerprint density at radius 1 is 1.64 bits per heavy atom. The van der Waals surface area contributed by atoms with Gasteiger partial charge in [-0.1, -0.05) is 23.0 Å². The van der Waals surface area contributed by atoms with E-state index in [1.807, 2.05) is 12.1 Å². The van der Waals surface area contributed by atoms with E-state index in [-0.39, 0.29) is 0 Å². The van der Waals surface area contributed by atoms with Gasteiger partial charge in [-0.15, -0.1) is 0 Å². The van der Waals surface area contributed by atoms with Gasteiger partial charge in [0.05, 0.1) is 12.5 Å². The van der Waals surface area contributed by atoms with Crippen LogP contribution in [0.3, 0.4) is 0 Å². The number of hydrogen-bond acceptors (Lipinski definition) is 5. The molecule has 0 aliphatic carbocycles. The van der Waals surface area contributed by atoms with Crippen molar-refractivity contribution >= 4 is 16.6 Å². The molecule has 0 N–H and O–H groups in total. The summed E-state index contributed by atoms with van der Waals surface area (Å²) in [5, 5.41) is 8.47. The van der Waals surface area contributed by atoms with Crippen LogP contribution in [0.2, 0.25) is 0 Å². The summed E-state index contributed by atoms with van der Waals surface area (Å²) >= 11 is 0. The van der Waals surface area contributed by atoms with Crippen LogP contribution >= 0.6 is 0 Å². The summed E-state index contributed by atoms with van der Waals surface area (Å²) < 4.78 is 19.2. The van der Waals surface area contributed by atoms with Crippen molar-refractivity contribution in [2.75, 3.05) is 7.11 Å². The highest BCUT2D eigenvalue weighted by atomic mass is 32.2. The largest absolute Gasteiger partial charge is 0.441 e. The Morgan fingerprint density at radius 3 is 3.07 bits per heavy atom. The van der Waals surface area contributed by atoms with Crippen LogP contribution in [0.4, 0.5) is 5.69 Å². The molecule has 0 unspecified atom stereocenters. The Morgan fingerprint density at radius 2 is 2.43 bits per heavy atom. The van der Waals surface area contributed by atoms with Gasteiger partial charge in [-0.3, -0.25) is 0 Å². The fourth-order valence-electron chi connectivity index (χ4n) is 0.938. The van der Waals surface area contributed by atoms with Crippen LogP contribution in [0.1, 0.15) is 5.56 Å². The molecule has 0 aromatic heterocycles. The van der Waals surface area contributed by atoms with Gasteiger partial charge in [0.25, 0.3) is 0 Å². The maximum Gasteiger partial charge on any atom is 0.0669 e. The molecule has 5 heteroatoms. The highest BCUT2D eigenvalue weighted by molar-refractivity contribution is 7.69. The third-order valence-electron chi connectivity index (χ3n) is 1.52. The highest BCUT2D eigenvalue weighted by Crippen LogP contribution is 2.14. The highest BCUT2D eigenvalue weighted by Gasteiger charge is 1.91. The molecule has 1 rings (SSSR count). The molecule has 0 bridgehead atoms. The first-order valence-electron chi connectivity index (χ1n) is 3.90. The second-order valence-corrected chi connectivity index (χ2v) is 3.43. The molecule has 0 fully saturated rings. The molecule has 1 aromatic rings. The van der Waals surface area contributed by atoms with Crippen molar-refractivity contribution in [3.8, 4) is 6.07 Å². The van der Waals surface area contributed by atoms with E-state index in [2.05, 4.69) is 8.55 Å². The zero-order valence-corrected chi connectivity index (χ0v) is 8.45. The Hall–Kier alpha value is -1.38. The maximum absolute atomic E-state index is 10.9. The van der Waals surface area contributed by atoms with Gasteiger partial charge >= 0.3 is 0 Å². The monoisotopic (exact) mass is 209 g/mol. The van der Waals surface area contributed by atoms with E-state index in [1.54, 1.807) is 18.2 Å². The summed E-state index contributed by atoms with van der Waals surface area (Å²) in [5.74, 6) is 0. The van der Waals surface area contributed by atoms with E-state index in [0.29, 0.717) is 12.1 Å². The molecule has 0 aliphatic heterocycles. The topological polar surface area (TPSA) is 62.4 Å². The van der Waals surface area contributed by atoms with Crippen LogP contribution in [0.25, 0.3) is 0 Å². The maximum atomic E-state index is 10.9. The number of nitrogens with zero attached hydrogens (tertiary/aromatic N) is 2. The van der Waals surface area contributed by atoms with Crippen LogP contribution in [-0.2, 0) is 25.7 Å². The predicted octanol–water partition coefficient (Wildman–Crippen LogP) is 2.09. The quantitative estimate of drug-likeness (QED) is 0.716. The molecule has 74 valence electrons. The lowest BCUT2D eigenvalue weighted by Crippen LogP contribution is -1.80. The van der Waals surface area contributed by atoms with E-state index in [9.17, 15) is 4.21 Å². The summed E-state index contributed by atoms with van der Waals surface area (Å²) in [6.07, 6.45) is 0.322.